The van der Waals surface area contributed by atoms with E-state index in [4.69, 9.17) is 4.74 Å². The average molecular weight is 226 g/mol. The normalized spacial score (nSPS) is 22.0. The summed E-state index contributed by atoms with van der Waals surface area (Å²) < 4.78 is 5.30. The van der Waals surface area contributed by atoms with Crippen molar-refractivity contribution in [1.82, 2.24) is 10.6 Å². The maximum absolute atomic E-state index is 11.4. The Bertz CT molecular complexity index is 223. The molecule has 1 amide bonds. The van der Waals surface area contributed by atoms with E-state index in [0.717, 1.165) is 44.9 Å². The Balaban J connectivity index is 1.47. The number of hydrogen-bond donors (Lipinski definition) is 2. The van der Waals surface area contributed by atoms with Crippen molar-refractivity contribution in [2.24, 2.45) is 5.92 Å². The van der Waals surface area contributed by atoms with Crippen LogP contribution in [0, 0.1) is 5.92 Å². The number of nitrogens with one attached hydrogen (secondary N) is 2. The largest absolute Gasteiger partial charge is 0.381 e. The molecular formula is C12H22N2O2. The first kappa shape index (κ1) is 11.9. The van der Waals surface area contributed by atoms with E-state index in [9.17, 15) is 4.79 Å². The molecule has 2 aliphatic rings. The maximum Gasteiger partial charge on any atom is 0.233 e. The zero-order valence-electron chi connectivity index (χ0n) is 9.84. The summed E-state index contributed by atoms with van der Waals surface area (Å²) in [5, 5.41) is 6.18. The molecule has 1 saturated heterocycles. The van der Waals surface area contributed by atoms with Crippen LogP contribution >= 0.6 is 0 Å². The predicted molar refractivity (Wildman–Crippen MR) is 62.2 cm³/mol. The Morgan fingerprint density at radius 3 is 2.62 bits per heavy atom. The minimum absolute atomic E-state index is 0.138. The van der Waals surface area contributed by atoms with Gasteiger partial charge in [-0.25, -0.2) is 0 Å². The van der Waals surface area contributed by atoms with Crippen LogP contribution < -0.4 is 10.6 Å². The quantitative estimate of drug-likeness (QED) is 0.700. The molecule has 2 N–H and O–H groups in total. The minimum Gasteiger partial charge on any atom is -0.381 e. The third-order valence-electron chi connectivity index (χ3n) is 3.34. The average Bonchev–Trinajstić information content (AvgIpc) is 3.12. The summed E-state index contributed by atoms with van der Waals surface area (Å²) in [4.78, 5) is 11.4. The number of carbonyl (C=O) groups is 1. The van der Waals surface area contributed by atoms with Crippen LogP contribution in [0.15, 0.2) is 0 Å². The summed E-state index contributed by atoms with van der Waals surface area (Å²) >= 11 is 0. The number of carbonyl (C=O) groups excluding carboxylic acids is 1. The molecule has 1 saturated carbocycles. The highest BCUT2D eigenvalue weighted by atomic mass is 16.5. The fourth-order valence-electron chi connectivity index (χ4n) is 2.04. The molecule has 1 aliphatic carbocycles. The van der Waals surface area contributed by atoms with Gasteiger partial charge in [-0.3, -0.25) is 4.79 Å². The number of rotatable bonds is 6. The van der Waals surface area contributed by atoms with Crippen LogP contribution in [0.5, 0.6) is 0 Å². The summed E-state index contributed by atoms with van der Waals surface area (Å²) in [5.74, 6) is 0.879. The summed E-state index contributed by atoms with van der Waals surface area (Å²) in [7, 11) is 0. The maximum atomic E-state index is 11.4. The Labute approximate surface area is 97.1 Å². The van der Waals surface area contributed by atoms with E-state index in [1.807, 2.05) is 0 Å². The smallest absolute Gasteiger partial charge is 0.233 e. The van der Waals surface area contributed by atoms with Gasteiger partial charge < -0.3 is 15.4 Å². The third-order valence-corrected chi connectivity index (χ3v) is 3.34. The van der Waals surface area contributed by atoms with Crippen LogP contribution in [0.25, 0.3) is 0 Å². The van der Waals surface area contributed by atoms with Crippen molar-refractivity contribution in [2.45, 2.75) is 38.1 Å². The molecule has 2 rings (SSSR count). The van der Waals surface area contributed by atoms with Crippen molar-refractivity contribution < 1.29 is 9.53 Å². The Morgan fingerprint density at radius 1 is 1.19 bits per heavy atom. The number of hydrogen-bond acceptors (Lipinski definition) is 3. The van der Waals surface area contributed by atoms with Crippen LogP contribution in [0.3, 0.4) is 0 Å². The topological polar surface area (TPSA) is 50.4 Å². The molecule has 1 heterocycles. The highest BCUT2D eigenvalue weighted by Gasteiger charge is 2.21. The lowest BCUT2D eigenvalue weighted by Crippen LogP contribution is -2.36. The lowest BCUT2D eigenvalue weighted by molar-refractivity contribution is -0.120. The molecule has 0 atom stereocenters. The van der Waals surface area contributed by atoms with Crippen LogP contribution in [-0.2, 0) is 9.53 Å². The van der Waals surface area contributed by atoms with E-state index in [1.165, 1.54) is 12.8 Å². The van der Waals surface area contributed by atoms with E-state index in [-0.39, 0.29) is 5.91 Å². The second-order valence-electron chi connectivity index (χ2n) is 4.85. The van der Waals surface area contributed by atoms with Gasteiger partial charge in [-0.05, 0) is 38.0 Å². The summed E-state index contributed by atoms with van der Waals surface area (Å²) in [6.07, 6.45) is 5.86. The molecule has 0 aromatic rings. The third kappa shape index (κ3) is 4.49. The van der Waals surface area contributed by atoms with Crippen LogP contribution in [0.1, 0.15) is 32.1 Å². The molecule has 1 aliphatic heterocycles. The van der Waals surface area contributed by atoms with Crippen LogP contribution in [-0.4, -0.2) is 38.3 Å². The van der Waals surface area contributed by atoms with Crippen molar-refractivity contribution in [2.75, 3.05) is 26.3 Å². The lowest BCUT2D eigenvalue weighted by Gasteiger charge is -2.21. The van der Waals surface area contributed by atoms with E-state index in [2.05, 4.69) is 10.6 Å². The van der Waals surface area contributed by atoms with Gasteiger partial charge in [0, 0.05) is 25.8 Å². The standard InChI is InChI=1S/C12H22N2O2/c15-12(9-14-11-1-2-11)13-6-3-10-4-7-16-8-5-10/h10-11,14H,1-9H2,(H,13,15). The second kappa shape index (κ2) is 6.21. The first-order chi connectivity index (χ1) is 7.84. The number of ether oxygens (including phenoxy) is 1. The summed E-state index contributed by atoms with van der Waals surface area (Å²) in [6, 6.07) is 0.612. The molecule has 0 unspecified atom stereocenters. The molecule has 16 heavy (non-hydrogen) atoms. The van der Waals surface area contributed by atoms with Gasteiger partial charge in [0.05, 0.1) is 6.54 Å². The molecule has 0 aromatic heterocycles. The van der Waals surface area contributed by atoms with Crippen molar-refractivity contribution in [1.29, 1.82) is 0 Å². The zero-order valence-corrected chi connectivity index (χ0v) is 9.84. The molecule has 2 fully saturated rings. The van der Waals surface area contributed by atoms with Crippen molar-refractivity contribution in [3.63, 3.8) is 0 Å². The monoisotopic (exact) mass is 226 g/mol. The van der Waals surface area contributed by atoms with E-state index >= 15 is 0 Å². The highest BCUT2D eigenvalue weighted by molar-refractivity contribution is 5.78. The zero-order chi connectivity index (χ0) is 11.2. The molecule has 4 heteroatoms. The molecule has 0 aromatic carbocycles. The van der Waals surface area contributed by atoms with E-state index < -0.39 is 0 Å². The van der Waals surface area contributed by atoms with Gasteiger partial charge >= 0.3 is 0 Å². The predicted octanol–water partition coefficient (Wildman–Crippen LogP) is 0.671. The van der Waals surface area contributed by atoms with Gasteiger partial charge in [-0.2, -0.15) is 0 Å². The molecule has 0 radical (unpaired) electrons. The SMILES string of the molecule is O=C(CNC1CC1)NCCC1CCOCC1. The first-order valence-electron chi connectivity index (χ1n) is 6.42. The Morgan fingerprint density at radius 2 is 1.94 bits per heavy atom. The Hall–Kier alpha value is -0.610. The Kier molecular flexibility index (Phi) is 4.60. The van der Waals surface area contributed by atoms with Crippen LogP contribution in [0.2, 0.25) is 0 Å². The molecule has 0 spiro atoms. The fraction of sp³-hybridized carbons (Fsp3) is 0.917. The minimum atomic E-state index is 0.138. The summed E-state index contributed by atoms with van der Waals surface area (Å²) in [6.45, 7) is 3.08. The highest BCUT2D eigenvalue weighted by Crippen LogP contribution is 2.18. The van der Waals surface area contributed by atoms with Gasteiger partial charge in [0.25, 0.3) is 0 Å². The van der Waals surface area contributed by atoms with E-state index in [0.29, 0.717) is 12.6 Å². The molecule has 4 nitrogen and oxygen atoms in total. The first-order valence-corrected chi connectivity index (χ1v) is 6.42. The van der Waals surface area contributed by atoms with Gasteiger partial charge in [-0.1, -0.05) is 0 Å². The van der Waals surface area contributed by atoms with Crippen LogP contribution in [0.4, 0.5) is 0 Å². The lowest BCUT2D eigenvalue weighted by atomic mass is 9.97. The second-order valence-corrected chi connectivity index (χ2v) is 4.85. The van der Waals surface area contributed by atoms with Gasteiger partial charge in [0.1, 0.15) is 0 Å². The van der Waals surface area contributed by atoms with Gasteiger partial charge in [-0.15, -0.1) is 0 Å². The molecule has 0 bridgehead atoms. The van der Waals surface area contributed by atoms with E-state index in [1.54, 1.807) is 0 Å². The molecule has 92 valence electrons. The van der Waals surface area contributed by atoms with Gasteiger partial charge in [0.2, 0.25) is 5.91 Å². The van der Waals surface area contributed by atoms with Crippen molar-refractivity contribution in [3.05, 3.63) is 0 Å². The van der Waals surface area contributed by atoms with Gasteiger partial charge in [0.15, 0.2) is 0 Å². The molecular weight excluding hydrogens is 204 g/mol. The number of amides is 1. The van der Waals surface area contributed by atoms with Crippen molar-refractivity contribution in [3.8, 4) is 0 Å². The summed E-state index contributed by atoms with van der Waals surface area (Å²) in [5.41, 5.74) is 0. The van der Waals surface area contributed by atoms with Crippen molar-refractivity contribution >= 4 is 5.91 Å². The fourth-order valence-corrected chi connectivity index (χ4v) is 2.04.